The summed E-state index contributed by atoms with van der Waals surface area (Å²) in [4.78, 5) is 47.8. The number of fused-ring (bicyclic) bond motifs is 1. The van der Waals surface area contributed by atoms with E-state index in [9.17, 15) is 19.1 Å². The Bertz CT molecular complexity index is 1720. The molecule has 2 N–H and O–H groups in total. The van der Waals surface area contributed by atoms with E-state index in [2.05, 4.69) is 30.1 Å². The number of nitrogens with zero attached hydrogens (tertiary/aromatic N) is 4. The molecule has 19 heteroatoms. The number of pyridine rings is 1. The van der Waals surface area contributed by atoms with Crippen LogP contribution in [0.15, 0.2) is 30.4 Å². The molecule has 0 bridgehead atoms. The fourth-order valence-electron chi connectivity index (χ4n) is 3.40. The molecule has 0 fully saturated rings. The number of hydrogen-bond acceptors (Lipinski definition) is 14. The Hall–Kier alpha value is -2.24. The molecule has 3 aromatic rings. The molecule has 0 saturated heterocycles. The van der Waals surface area contributed by atoms with Crippen LogP contribution in [-0.2, 0) is 13.9 Å². The number of amides is 1. The normalized spacial score (nSPS) is 16.6. The van der Waals surface area contributed by atoms with Gasteiger partial charge < -0.3 is 48.5 Å². The molecule has 4 rings (SSSR count). The standard InChI is InChI=1S/C23H26FN6O9P.2Na/c1-23(2)21(31)30(11-38-40(32,33)34)20-14(39-23)6-7-17(28-20)27-19-13(24)10-25-22(29-19)26-12-8-15(35-3)18(37-5)16(9-12)36-4;;/h6-10H,11H2,1-5H3,(H2,32,33,34)(H2,25,26,27,28,29);;/q;2*+1/p-2/i1D3,2D3,10D;;. The van der Waals surface area contributed by atoms with E-state index in [-0.39, 0.29) is 98.7 Å². The smallest absolute Gasteiger partial charge is 0.790 e. The van der Waals surface area contributed by atoms with Crippen molar-refractivity contribution in [2.75, 3.05) is 43.6 Å². The summed E-state index contributed by atoms with van der Waals surface area (Å²) in [7, 11) is -1.65. The number of phosphoric acid groups is 1. The van der Waals surface area contributed by atoms with Crippen molar-refractivity contribution in [3.8, 4) is 23.0 Å². The van der Waals surface area contributed by atoms with Crippen molar-refractivity contribution in [2.24, 2.45) is 0 Å². The summed E-state index contributed by atoms with van der Waals surface area (Å²) < 4.78 is 106. The second kappa shape index (κ2) is 14.5. The number of anilines is 5. The largest absolute Gasteiger partial charge is 1.00 e. The number of benzene rings is 1. The average Bonchev–Trinajstić information content (AvgIpc) is 2.96. The van der Waals surface area contributed by atoms with Gasteiger partial charge in [-0.15, -0.1) is 0 Å². The Balaban J connectivity index is 0.00000417. The van der Waals surface area contributed by atoms with Gasteiger partial charge in [-0.05, 0) is 25.8 Å². The van der Waals surface area contributed by atoms with Crippen molar-refractivity contribution >= 4 is 42.8 Å². The zero-order valence-corrected chi connectivity index (χ0v) is 27.7. The zero-order valence-electron chi connectivity index (χ0n) is 29.8. The molecule has 15 nitrogen and oxygen atoms in total. The van der Waals surface area contributed by atoms with Crippen LogP contribution in [0.5, 0.6) is 23.0 Å². The first kappa shape index (κ1) is 26.2. The van der Waals surface area contributed by atoms with Crippen LogP contribution in [0, 0.1) is 5.82 Å². The number of methoxy groups -OCH3 is 3. The Labute approximate surface area is 294 Å². The van der Waals surface area contributed by atoms with E-state index in [1.165, 1.54) is 33.5 Å². The van der Waals surface area contributed by atoms with E-state index in [1.807, 2.05) is 0 Å². The molecule has 1 aliphatic heterocycles. The van der Waals surface area contributed by atoms with Gasteiger partial charge in [-0.3, -0.25) is 9.69 Å². The summed E-state index contributed by atoms with van der Waals surface area (Å²) in [5.74, 6) is -4.98. The minimum atomic E-state index is -5.80. The van der Waals surface area contributed by atoms with E-state index >= 15 is 4.39 Å². The predicted molar refractivity (Wildman–Crippen MR) is 135 cm³/mol. The van der Waals surface area contributed by atoms with Gasteiger partial charge in [0.25, 0.3) is 5.91 Å². The van der Waals surface area contributed by atoms with Crippen molar-refractivity contribution in [2.45, 2.75) is 19.3 Å². The molecule has 0 unspecified atom stereocenters. The third-order valence-electron chi connectivity index (χ3n) is 5.10. The Morgan fingerprint density at radius 1 is 1.12 bits per heavy atom. The summed E-state index contributed by atoms with van der Waals surface area (Å²) >= 11 is 0. The fourth-order valence-corrected chi connectivity index (χ4v) is 3.66. The van der Waals surface area contributed by atoms with Crippen LogP contribution in [0.25, 0.3) is 0 Å². The van der Waals surface area contributed by atoms with E-state index in [0.29, 0.717) is 0 Å². The van der Waals surface area contributed by atoms with Crippen molar-refractivity contribution in [1.29, 1.82) is 0 Å². The Kier molecular flexibility index (Phi) is 9.03. The first-order valence-electron chi connectivity index (χ1n) is 14.3. The number of aromatic nitrogens is 3. The van der Waals surface area contributed by atoms with Gasteiger partial charge in [-0.25, -0.2) is 14.4 Å². The van der Waals surface area contributed by atoms with Crippen LogP contribution < -0.4 is 103 Å². The number of nitrogens with one attached hydrogen (secondary N) is 2. The maximum Gasteiger partial charge on any atom is 1.00 e. The summed E-state index contributed by atoms with van der Waals surface area (Å²) in [5.41, 5.74) is -3.29. The fraction of sp³-hybridized carbons (Fsp3) is 0.304. The monoisotopic (exact) mass is 631 g/mol. The molecular formula is C23H24FN6Na2O9P. The topological polar surface area (TPSA) is 192 Å². The zero-order chi connectivity index (χ0) is 35.1. The molecule has 3 heterocycles. The first-order chi connectivity index (χ1) is 21.8. The van der Waals surface area contributed by atoms with Gasteiger partial charge in [0, 0.05) is 26.0 Å². The van der Waals surface area contributed by atoms with E-state index in [1.54, 1.807) is 0 Å². The molecule has 0 atom stereocenters. The second-order valence-electron chi connectivity index (χ2n) is 7.73. The van der Waals surface area contributed by atoms with Crippen LogP contribution in [0.2, 0.25) is 0 Å². The van der Waals surface area contributed by atoms with Gasteiger partial charge in [-0.1, -0.05) is 0 Å². The van der Waals surface area contributed by atoms with Crippen molar-refractivity contribution < 1.29 is 116 Å². The minimum Gasteiger partial charge on any atom is -0.790 e. The van der Waals surface area contributed by atoms with Crippen LogP contribution in [0.4, 0.5) is 33.5 Å². The number of ether oxygens (including phenoxy) is 4. The number of halogens is 1. The number of hydrogen-bond donors (Lipinski definition) is 2. The Morgan fingerprint density at radius 2 is 1.79 bits per heavy atom. The minimum absolute atomic E-state index is 0. The van der Waals surface area contributed by atoms with Crippen LogP contribution >= 0.6 is 7.82 Å². The third kappa shape index (κ3) is 8.23. The molecule has 1 amide bonds. The molecule has 1 aliphatic rings. The molecule has 0 aliphatic carbocycles. The molecule has 214 valence electrons. The van der Waals surface area contributed by atoms with Crippen molar-refractivity contribution in [3.63, 3.8) is 0 Å². The maximum atomic E-state index is 15.0. The third-order valence-corrected chi connectivity index (χ3v) is 5.53. The van der Waals surface area contributed by atoms with E-state index in [4.69, 9.17) is 28.5 Å². The van der Waals surface area contributed by atoms with Gasteiger partial charge in [-0.2, -0.15) is 4.98 Å². The van der Waals surface area contributed by atoms with Gasteiger partial charge in [0.05, 0.1) is 36.7 Å². The number of phosphoric ester groups is 1. The van der Waals surface area contributed by atoms with Crippen molar-refractivity contribution in [3.05, 3.63) is 36.3 Å². The molecule has 0 radical (unpaired) electrons. The molecule has 1 aromatic carbocycles. The summed E-state index contributed by atoms with van der Waals surface area (Å²) in [6.07, 6.45) is -0.884. The quantitative estimate of drug-likeness (QED) is 0.162. The van der Waals surface area contributed by atoms with Crippen LogP contribution in [-0.4, -0.2) is 54.5 Å². The molecule has 0 saturated carbocycles. The average molecular weight is 631 g/mol. The van der Waals surface area contributed by atoms with Crippen molar-refractivity contribution in [1.82, 2.24) is 15.0 Å². The number of rotatable bonds is 10. The number of carbonyl (C=O) groups excluding carboxylic acids is 1. The molecule has 2 aromatic heterocycles. The van der Waals surface area contributed by atoms with Crippen LogP contribution in [0.3, 0.4) is 0 Å². The SMILES string of the molecule is [2H]c1nc(Nc2cc(OC)c(OC)c(OC)c2)nc(Nc2ccc3c(n2)N(COP(=O)([O-])[O-])C(=O)C(C([2H])([2H])[2H])(C([2H])([2H])[2H])O3)c1F.[Na+].[Na+]. The van der Waals surface area contributed by atoms with Crippen LogP contribution in [0.1, 0.15) is 23.3 Å². The Morgan fingerprint density at radius 3 is 2.36 bits per heavy atom. The maximum absolute atomic E-state index is 15.0. The molecule has 42 heavy (non-hydrogen) atoms. The van der Waals surface area contributed by atoms with Gasteiger partial charge >= 0.3 is 59.1 Å². The van der Waals surface area contributed by atoms with E-state index in [0.717, 1.165) is 12.1 Å². The van der Waals surface area contributed by atoms with E-state index < -0.39 is 69.1 Å². The summed E-state index contributed by atoms with van der Waals surface area (Å²) in [6, 6.07) is 4.94. The van der Waals surface area contributed by atoms with Gasteiger partial charge in [0.1, 0.15) is 12.5 Å². The number of carbonyl (C=O) groups is 1. The summed E-state index contributed by atoms with van der Waals surface area (Å²) in [6.45, 7) is -8.79. The summed E-state index contributed by atoms with van der Waals surface area (Å²) in [5, 5.41) is 5.20. The first-order valence-corrected chi connectivity index (χ1v) is 12.3. The molecule has 0 spiro atoms. The predicted octanol–water partition coefficient (Wildman–Crippen LogP) is -4.16. The van der Waals surface area contributed by atoms with Gasteiger partial charge in [0.15, 0.2) is 40.3 Å². The molecular weight excluding hydrogens is 600 g/mol. The van der Waals surface area contributed by atoms with Gasteiger partial charge in [0.2, 0.25) is 11.7 Å². The second-order valence-corrected chi connectivity index (χ2v) is 8.88.